The number of aromatic nitrogens is 1. The summed E-state index contributed by atoms with van der Waals surface area (Å²) >= 11 is 0. The molecule has 3 N–H and O–H groups in total. The molecule has 1 fully saturated rings. The van der Waals surface area contributed by atoms with E-state index in [9.17, 15) is 4.79 Å². The predicted molar refractivity (Wildman–Crippen MR) is 58.4 cm³/mol. The lowest BCUT2D eigenvalue weighted by Gasteiger charge is -2.12. The number of rotatable bonds is 2. The van der Waals surface area contributed by atoms with Gasteiger partial charge in [0.2, 0.25) is 5.91 Å². The van der Waals surface area contributed by atoms with E-state index in [1.54, 1.807) is 6.07 Å². The van der Waals surface area contributed by atoms with E-state index in [1.807, 2.05) is 6.07 Å². The molecule has 1 saturated heterocycles. The summed E-state index contributed by atoms with van der Waals surface area (Å²) in [6.07, 6.45) is 1.42. The highest BCUT2D eigenvalue weighted by molar-refractivity contribution is 5.79. The van der Waals surface area contributed by atoms with Crippen molar-refractivity contribution in [3.8, 4) is 0 Å². The molecule has 2 rings (SSSR count). The van der Waals surface area contributed by atoms with E-state index >= 15 is 0 Å². The van der Waals surface area contributed by atoms with Crippen LogP contribution in [0.1, 0.15) is 30.5 Å². The largest absolute Gasteiger partial charge is 0.384 e. The van der Waals surface area contributed by atoms with Crippen molar-refractivity contribution in [3.05, 3.63) is 23.4 Å². The first kappa shape index (κ1) is 9.96. The minimum Gasteiger partial charge on any atom is -0.384 e. The van der Waals surface area contributed by atoms with Gasteiger partial charge in [0.05, 0.1) is 0 Å². The maximum absolute atomic E-state index is 11.1. The number of carbonyl (C=O) groups excluding carboxylic acids is 1. The summed E-state index contributed by atoms with van der Waals surface area (Å²) in [7, 11) is 0. The van der Waals surface area contributed by atoms with E-state index in [0.29, 0.717) is 12.2 Å². The molecule has 1 aliphatic rings. The lowest BCUT2D eigenvalue weighted by molar-refractivity contribution is -0.119. The Morgan fingerprint density at radius 3 is 3.00 bits per heavy atom. The smallest absolute Gasteiger partial charge is 0.220 e. The molecule has 4 nitrogen and oxygen atoms in total. The number of anilines is 1. The second-order valence-corrected chi connectivity index (χ2v) is 3.83. The van der Waals surface area contributed by atoms with Crippen LogP contribution >= 0.6 is 0 Å². The number of nitrogens with two attached hydrogens (primary N) is 1. The minimum absolute atomic E-state index is 0.124. The van der Waals surface area contributed by atoms with Gasteiger partial charge in [0.25, 0.3) is 0 Å². The zero-order valence-electron chi connectivity index (χ0n) is 8.79. The van der Waals surface area contributed by atoms with Gasteiger partial charge in [-0.15, -0.1) is 0 Å². The summed E-state index contributed by atoms with van der Waals surface area (Å²) in [4.78, 5) is 15.4. The molecule has 1 aliphatic heterocycles. The van der Waals surface area contributed by atoms with Crippen molar-refractivity contribution in [2.24, 2.45) is 0 Å². The Morgan fingerprint density at radius 2 is 2.40 bits per heavy atom. The monoisotopic (exact) mass is 205 g/mol. The fraction of sp³-hybridized carbons (Fsp3) is 0.455. The summed E-state index contributed by atoms with van der Waals surface area (Å²) < 4.78 is 0. The average Bonchev–Trinajstić information content (AvgIpc) is 2.64. The number of carbonyl (C=O) groups is 1. The van der Waals surface area contributed by atoms with Gasteiger partial charge in [-0.1, -0.05) is 13.0 Å². The quantitative estimate of drug-likeness (QED) is 0.751. The van der Waals surface area contributed by atoms with E-state index in [-0.39, 0.29) is 11.8 Å². The predicted octanol–water partition coefficient (Wildman–Crippen LogP) is 0.830. The number of nitrogen functional groups attached to an aromatic ring is 1. The first-order valence-corrected chi connectivity index (χ1v) is 5.22. The number of hydrogen-bond acceptors (Lipinski definition) is 3. The first-order valence-electron chi connectivity index (χ1n) is 5.22. The lowest BCUT2D eigenvalue weighted by atomic mass is 9.95. The van der Waals surface area contributed by atoms with E-state index in [2.05, 4.69) is 17.2 Å². The summed E-state index contributed by atoms with van der Waals surface area (Å²) in [6, 6.07) is 3.80. The Balaban J connectivity index is 2.31. The van der Waals surface area contributed by atoms with Crippen LogP contribution < -0.4 is 11.1 Å². The summed E-state index contributed by atoms with van der Waals surface area (Å²) in [5.41, 5.74) is 7.80. The van der Waals surface area contributed by atoms with Gasteiger partial charge in [0, 0.05) is 24.6 Å². The van der Waals surface area contributed by atoms with Crippen LogP contribution in [0.4, 0.5) is 5.82 Å². The van der Waals surface area contributed by atoms with Crippen molar-refractivity contribution in [1.29, 1.82) is 0 Å². The Kier molecular flexibility index (Phi) is 2.58. The molecule has 1 amide bonds. The van der Waals surface area contributed by atoms with Crippen LogP contribution in [0.25, 0.3) is 0 Å². The Labute approximate surface area is 88.9 Å². The molecule has 1 aromatic heterocycles. The van der Waals surface area contributed by atoms with Crippen LogP contribution in [0, 0.1) is 0 Å². The Bertz CT molecular complexity index is 389. The molecule has 0 spiro atoms. The van der Waals surface area contributed by atoms with Crippen LogP contribution in [0.5, 0.6) is 0 Å². The molecule has 0 aromatic carbocycles. The Morgan fingerprint density at radius 1 is 1.60 bits per heavy atom. The van der Waals surface area contributed by atoms with E-state index in [0.717, 1.165) is 24.2 Å². The highest BCUT2D eigenvalue weighted by Crippen LogP contribution is 2.26. The fourth-order valence-electron chi connectivity index (χ4n) is 2.01. The lowest BCUT2D eigenvalue weighted by Crippen LogP contribution is -2.14. The highest BCUT2D eigenvalue weighted by Gasteiger charge is 2.25. The maximum Gasteiger partial charge on any atom is 0.220 e. The van der Waals surface area contributed by atoms with Crippen LogP contribution in [-0.4, -0.2) is 17.4 Å². The zero-order chi connectivity index (χ0) is 10.8. The van der Waals surface area contributed by atoms with Crippen LogP contribution in [0.15, 0.2) is 12.1 Å². The van der Waals surface area contributed by atoms with Crippen LogP contribution in [0.3, 0.4) is 0 Å². The number of hydrogen-bond donors (Lipinski definition) is 2. The summed E-state index contributed by atoms with van der Waals surface area (Å²) in [6.45, 7) is 2.77. The standard InChI is InChI=1S/C11H15N3O/c1-2-9-8(3-4-10(12)14-9)7-5-11(15)13-6-7/h3-4,7H,2,5-6H2,1H3,(H2,12,14)(H,13,15). The van der Waals surface area contributed by atoms with Crippen molar-refractivity contribution in [1.82, 2.24) is 10.3 Å². The third-order valence-electron chi connectivity index (χ3n) is 2.78. The summed E-state index contributed by atoms with van der Waals surface area (Å²) in [5, 5.41) is 2.84. The number of amides is 1. The second kappa shape index (κ2) is 3.88. The summed E-state index contributed by atoms with van der Waals surface area (Å²) in [5.74, 6) is 0.937. The molecule has 0 bridgehead atoms. The molecule has 80 valence electrons. The van der Waals surface area contributed by atoms with Crippen LogP contribution in [0.2, 0.25) is 0 Å². The molecule has 1 aromatic rings. The third-order valence-corrected chi connectivity index (χ3v) is 2.78. The van der Waals surface area contributed by atoms with Crippen molar-refractivity contribution in [2.75, 3.05) is 12.3 Å². The minimum atomic E-state index is 0.124. The highest BCUT2D eigenvalue weighted by atomic mass is 16.1. The SMILES string of the molecule is CCc1nc(N)ccc1C1CNC(=O)C1. The number of pyridine rings is 1. The van der Waals surface area contributed by atoms with Crippen molar-refractivity contribution >= 4 is 11.7 Å². The number of aryl methyl sites for hydroxylation is 1. The van der Waals surface area contributed by atoms with Gasteiger partial charge in [-0.2, -0.15) is 0 Å². The first-order chi connectivity index (χ1) is 7.20. The van der Waals surface area contributed by atoms with Gasteiger partial charge < -0.3 is 11.1 Å². The average molecular weight is 205 g/mol. The van der Waals surface area contributed by atoms with Gasteiger partial charge in [-0.3, -0.25) is 4.79 Å². The topological polar surface area (TPSA) is 68.0 Å². The molecule has 1 unspecified atom stereocenters. The molecule has 15 heavy (non-hydrogen) atoms. The van der Waals surface area contributed by atoms with Crippen LogP contribution in [-0.2, 0) is 11.2 Å². The van der Waals surface area contributed by atoms with Gasteiger partial charge in [-0.05, 0) is 18.1 Å². The van der Waals surface area contributed by atoms with Crippen molar-refractivity contribution in [2.45, 2.75) is 25.7 Å². The molecular weight excluding hydrogens is 190 g/mol. The normalized spacial score (nSPS) is 20.3. The second-order valence-electron chi connectivity index (χ2n) is 3.83. The van der Waals surface area contributed by atoms with E-state index in [4.69, 9.17) is 5.73 Å². The third kappa shape index (κ3) is 1.93. The van der Waals surface area contributed by atoms with Gasteiger partial charge in [0.1, 0.15) is 5.82 Å². The molecule has 1 atom stereocenters. The molecule has 0 radical (unpaired) electrons. The molecule has 0 saturated carbocycles. The van der Waals surface area contributed by atoms with Gasteiger partial charge in [-0.25, -0.2) is 4.98 Å². The molecule has 2 heterocycles. The van der Waals surface area contributed by atoms with Gasteiger partial charge >= 0.3 is 0 Å². The zero-order valence-corrected chi connectivity index (χ0v) is 8.79. The molecule has 4 heteroatoms. The molecular formula is C11H15N3O. The molecule has 0 aliphatic carbocycles. The number of nitrogens with zero attached hydrogens (tertiary/aromatic N) is 1. The maximum atomic E-state index is 11.1. The van der Waals surface area contributed by atoms with E-state index in [1.165, 1.54) is 0 Å². The van der Waals surface area contributed by atoms with Gasteiger partial charge in [0.15, 0.2) is 0 Å². The fourth-order valence-corrected chi connectivity index (χ4v) is 2.01. The van der Waals surface area contributed by atoms with E-state index < -0.39 is 0 Å². The number of nitrogens with one attached hydrogen (secondary N) is 1. The van der Waals surface area contributed by atoms with Crippen molar-refractivity contribution < 1.29 is 4.79 Å². The Hall–Kier alpha value is -1.58. The van der Waals surface area contributed by atoms with Crippen molar-refractivity contribution in [3.63, 3.8) is 0 Å².